The van der Waals surface area contributed by atoms with E-state index in [0.29, 0.717) is 12.3 Å². The molecule has 0 aromatic carbocycles. The summed E-state index contributed by atoms with van der Waals surface area (Å²) in [7, 11) is 0. The van der Waals surface area contributed by atoms with Crippen molar-refractivity contribution in [2.75, 3.05) is 19.6 Å². The van der Waals surface area contributed by atoms with Crippen LogP contribution >= 0.6 is 39.7 Å². The van der Waals surface area contributed by atoms with Crippen LogP contribution in [0.5, 0.6) is 0 Å². The fourth-order valence-corrected chi connectivity index (χ4v) is 3.71. The molecule has 2 N–H and O–H groups in total. The molecule has 1 aromatic heterocycles. The van der Waals surface area contributed by atoms with E-state index in [1.165, 1.54) is 4.88 Å². The Morgan fingerprint density at radius 2 is 2.16 bits per heavy atom. The van der Waals surface area contributed by atoms with Crippen LogP contribution in [-0.2, 0) is 11.2 Å². The fourth-order valence-electron chi connectivity index (χ4n) is 2.23. The van der Waals surface area contributed by atoms with E-state index in [4.69, 9.17) is 0 Å². The van der Waals surface area contributed by atoms with Gasteiger partial charge in [0.05, 0.1) is 3.79 Å². The summed E-state index contributed by atoms with van der Waals surface area (Å²) in [5.74, 6) is 0.777. The van der Waals surface area contributed by atoms with Crippen molar-refractivity contribution in [2.45, 2.75) is 25.7 Å². The minimum Gasteiger partial charge on any atom is -0.356 e. The smallest absolute Gasteiger partial charge is 0.220 e. The van der Waals surface area contributed by atoms with Crippen LogP contribution in [-0.4, -0.2) is 25.5 Å². The molecule has 1 aromatic rings. The van der Waals surface area contributed by atoms with Gasteiger partial charge in [0.1, 0.15) is 0 Å². The number of nitrogens with one attached hydrogen (secondary N) is 2. The maximum atomic E-state index is 11.8. The van der Waals surface area contributed by atoms with E-state index in [-0.39, 0.29) is 18.3 Å². The molecular formula is C13H20BrClN2OS. The first-order chi connectivity index (χ1) is 8.74. The van der Waals surface area contributed by atoms with E-state index in [2.05, 4.69) is 38.7 Å². The summed E-state index contributed by atoms with van der Waals surface area (Å²) in [4.78, 5) is 13.1. The summed E-state index contributed by atoms with van der Waals surface area (Å²) in [5, 5.41) is 6.34. The topological polar surface area (TPSA) is 41.1 Å². The average molecular weight is 368 g/mol. The zero-order chi connectivity index (χ0) is 12.8. The predicted octanol–water partition coefficient (Wildman–Crippen LogP) is 2.98. The molecule has 0 bridgehead atoms. The van der Waals surface area contributed by atoms with Crippen molar-refractivity contribution in [3.05, 3.63) is 20.8 Å². The Labute approximate surface area is 133 Å². The van der Waals surface area contributed by atoms with Crippen LogP contribution in [0.25, 0.3) is 0 Å². The summed E-state index contributed by atoms with van der Waals surface area (Å²) in [6.07, 6.45) is 3.88. The molecule has 1 aliphatic heterocycles. The van der Waals surface area contributed by atoms with Gasteiger partial charge in [-0.1, -0.05) is 0 Å². The van der Waals surface area contributed by atoms with Gasteiger partial charge in [0.25, 0.3) is 0 Å². The van der Waals surface area contributed by atoms with Crippen molar-refractivity contribution in [1.82, 2.24) is 10.6 Å². The quantitative estimate of drug-likeness (QED) is 0.840. The number of carbonyl (C=O) groups is 1. The van der Waals surface area contributed by atoms with Crippen LogP contribution in [0, 0.1) is 5.92 Å². The molecule has 0 aliphatic carbocycles. The first-order valence-corrected chi connectivity index (χ1v) is 8.06. The summed E-state index contributed by atoms with van der Waals surface area (Å²) in [6, 6.07) is 4.16. The SMILES string of the molecule is Cl.O=C(CC1CCNCC1)NCCc1ccc(Br)s1. The lowest BCUT2D eigenvalue weighted by Gasteiger charge is -2.21. The maximum absolute atomic E-state index is 11.8. The van der Waals surface area contributed by atoms with Gasteiger partial charge in [0, 0.05) is 17.8 Å². The molecule has 6 heteroatoms. The third-order valence-corrected chi connectivity index (χ3v) is 4.94. The van der Waals surface area contributed by atoms with E-state index in [1.54, 1.807) is 11.3 Å². The molecule has 1 amide bonds. The molecule has 19 heavy (non-hydrogen) atoms. The van der Waals surface area contributed by atoms with Gasteiger partial charge in [-0.3, -0.25) is 4.79 Å². The van der Waals surface area contributed by atoms with Crippen LogP contribution in [0.4, 0.5) is 0 Å². The Morgan fingerprint density at radius 1 is 1.42 bits per heavy atom. The van der Waals surface area contributed by atoms with Crippen molar-refractivity contribution in [3.63, 3.8) is 0 Å². The molecule has 1 saturated heterocycles. The van der Waals surface area contributed by atoms with Crippen molar-refractivity contribution in [2.24, 2.45) is 5.92 Å². The summed E-state index contributed by atoms with van der Waals surface area (Å²) in [6.45, 7) is 2.86. The second-order valence-corrected chi connectivity index (χ2v) is 7.25. The van der Waals surface area contributed by atoms with Crippen molar-refractivity contribution < 1.29 is 4.79 Å². The van der Waals surface area contributed by atoms with E-state index >= 15 is 0 Å². The number of carbonyl (C=O) groups excluding carboxylic acids is 1. The summed E-state index contributed by atoms with van der Waals surface area (Å²) >= 11 is 5.18. The number of hydrogen-bond donors (Lipinski definition) is 2. The van der Waals surface area contributed by atoms with E-state index < -0.39 is 0 Å². The van der Waals surface area contributed by atoms with Crippen molar-refractivity contribution in [1.29, 1.82) is 0 Å². The van der Waals surface area contributed by atoms with Gasteiger partial charge in [-0.05, 0) is 66.3 Å². The summed E-state index contributed by atoms with van der Waals surface area (Å²) in [5.41, 5.74) is 0. The largest absolute Gasteiger partial charge is 0.356 e. The number of rotatable bonds is 5. The van der Waals surface area contributed by atoms with Crippen LogP contribution in [0.3, 0.4) is 0 Å². The lowest BCUT2D eigenvalue weighted by molar-refractivity contribution is -0.122. The third-order valence-electron chi connectivity index (χ3n) is 3.26. The lowest BCUT2D eigenvalue weighted by Crippen LogP contribution is -2.32. The number of amides is 1. The third kappa shape index (κ3) is 6.25. The van der Waals surface area contributed by atoms with Gasteiger partial charge in [0.15, 0.2) is 0 Å². The molecule has 2 heterocycles. The van der Waals surface area contributed by atoms with Crippen LogP contribution in [0.1, 0.15) is 24.1 Å². The molecule has 0 unspecified atom stereocenters. The molecule has 2 rings (SSSR count). The Kier molecular flexibility index (Phi) is 7.99. The highest BCUT2D eigenvalue weighted by atomic mass is 79.9. The summed E-state index contributed by atoms with van der Waals surface area (Å²) < 4.78 is 1.15. The Hall–Kier alpha value is -0.100. The maximum Gasteiger partial charge on any atom is 0.220 e. The van der Waals surface area contributed by atoms with Gasteiger partial charge in [-0.2, -0.15) is 0 Å². The van der Waals surface area contributed by atoms with Crippen LogP contribution in [0.15, 0.2) is 15.9 Å². The molecule has 3 nitrogen and oxygen atoms in total. The van der Waals surface area contributed by atoms with Crippen LogP contribution < -0.4 is 10.6 Å². The first-order valence-electron chi connectivity index (χ1n) is 6.45. The monoisotopic (exact) mass is 366 g/mol. The minimum atomic E-state index is 0. The normalized spacial score (nSPS) is 15.8. The van der Waals surface area contributed by atoms with Gasteiger partial charge < -0.3 is 10.6 Å². The van der Waals surface area contributed by atoms with Gasteiger partial charge in [-0.15, -0.1) is 23.7 Å². The number of hydrogen-bond acceptors (Lipinski definition) is 3. The lowest BCUT2D eigenvalue weighted by atomic mass is 9.94. The van der Waals surface area contributed by atoms with Gasteiger partial charge in [0.2, 0.25) is 5.91 Å². The molecular weight excluding hydrogens is 348 g/mol. The highest BCUT2D eigenvalue weighted by Crippen LogP contribution is 2.22. The van der Waals surface area contributed by atoms with Crippen LogP contribution in [0.2, 0.25) is 0 Å². The zero-order valence-electron chi connectivity index (χ0n) is 10.8. The Balaban J connectivity index is 0.00000180. The van der Waals surface area contributed by atoms with E-state index in [0.717, 1.165) is 42.7 Å². The predicted molar refractivity (Wildman–Crippen MR) is 86.2 cm³/mol. The van der Waals surface area contributed by atoms with E-state index in [1.807, 2.05) is 0 Å². The molecule has 0 spiro atoms. The van der Waals surface area contributed by atoms with Crippen molar-refractivity contribution >= 4 is 45.6 Å². The number of thiophene rings is 1. The molecule has 108 valence electrons. The second kappa shape index (κ2) is 8.95. The first kappa shape index (κ1) is 17.0. The molecule has 0 radical (unpaired) electrons. The second-order valence-electron chi connectivity index (χ2n) is 4.70. The van der Waals surface area contributed by atoms with Gasteiger partial charge in [-0.25, -0.2) is 0 Å². The van der Waals surface area contributed by atoms with E-state index in [9.17, 15) is 4.79 Å². The number of halogens is 2. The molecule has 1 aliphatic rings. The van der Waals surface area contributed by atoms with Crippen molar-refractivity contribution in [3.8, 4) is 0 Å². The molecule has 1 fully saturated rings. The molecule has 0 atom stereocenters. The standard InChI is InChI=1S/C13H19BrN2OS.ClH/c14-12-2-1-11(18-12)5-8-16-13(17)9-10-3-6-15-7-4-10;/h1-2,10,15H,3-9H2,(H,16,17);1H. The Morgan fingerprint density at radius 3 is 2.79 bits per heavy atom. The highest BCUT2D eigenvalue weighted by Gasteiger charge is 2.16. The van der Waals surface area contributed by atoms with Gasteiger partial charge >= 0.3 is 0 Å². The fraction of sp³-hybridized carbons (Fsp3) is 0.615. The number of piperidine rings is 1. The zero-order valence-corrected chi connectivity index (χ0v) is 14.0. The Bertz CT molecular complexity index is 394. The minimum absolute atomic E-state index is 0. The average Bonchev–Trinajstić information content (AvgIpc) is 2.76. The highest BCUT2D eigenvalue weighted by molar-refractivity contribution is 9.11. The molecule has 0 saturated carbocycles.